The fourth-order valence-electron chi connectivity index (χ4n) is 2.70. The van der Waals surface area contributed by atoms with E-state index >= 15 is 0 Å². The van der Waals surface area contributed by atoms with Crippen LogP contribution in [-0.2, 0) is 0 Å². The number of rotatable bonds is 8. The maximum absolute atomic E-state index is 13.3. The van der Waals surface area contributed by atoms with Crippen LogP contribution in [0.25, 0.3) is 0 Å². The molecule has 0 aromatic heterocycles. The number of nitrogens with one attached hydrogen (secondary N) is 1. The zero-order chi connectivity index (χ0) is 15.1. The SMILES string of the molecule is CCC(NCCN(C(C)C)C(C)C)c1cccc(F)c1. The van der Waals surface area contributed by atoms with Crippen molar-refractivity contribution in [3.8, 4) is 0 Å². The largest absolute Gasteiger partial charge is 0.309 e. The van der Waals surface area contributed by atoms with Crippen LogP contribution in [0.5, 0.6) is 0 Å². The van der Waals surface area contributed by atoms with Gasteiger partial charge in [-0.15, -0.1) is 0 Å². The standard InChI is InChI=1S/C17H29FN2/c1-6-17(15-8-7-9-16(18)12-15)19-10-11-20(13(2)3)14(4)5/h7-9,12-14,17,19H,6,10-11H2,1-5H3. The highest BCUT2D eigenvalue weighted by molar-refractivity contribution is 5.20. The molecule has 0 aliphatic carbocycles. The van der Waals surface area contributed by atoms with Gasteiger partial charge < -0.3 is 5.32 Å². The van der Waals surface area contributed by atoms with Crippen molar-refractivity contribution in [3.05, 3.63) is 35.6 Å². The van der Waals surface area contributed by atoms with E-state index in [1.54, 1.807) is 12.1 Å². The Bertz CT molecular complexity index is 382. The summed E-state index contributed by atoms with van der Waals surface area (Å²) in [6.45, 7) is 13.0. The van der Waals surface area contributed by atoms with Gasteiger partial charge in [0, 0.05) is 31.2 Å². The minimum atomic E-state index is -0.159. The maximum atomic E-state index is 13.3. The van der Waals surface area contributed by atoms with Crippen LogP contribution < -0.4 is 5.32 Å². The first-order valence-corrected chi connectivity index (χ1v) is 7.70. The summed E-state index contributed by atoms with van der Waals surface area (Å²) in [4.78, 5) is 2.46. The van der Waals surface area contributed by atoms with Crippen molar-refractivity contribution in [3.63, 3.8) is 0 Å². The number of halogens is 1. The van der Waals surface area contributed by atoms with Crippen molar-refractivity contribution in [1.29, 1.82) is 0 Å². The average Bonchev–Trinajstić information content (AvgIpc) is 2.38. The van der Waals surface area contributed by atoms with Gasteiger partial charge in [0.25, 0.3) is 0 Å². The number of hydrogen-bond acceptors (Lipinski definition) is 2. The van der Waals surface area contributed by atoms with Crippen LogP contribution in [0, 0.1) is 5.82 Å². The lowest BCUT2D eigenvalue weighted by Gasteiger charge is -2.31. The summed E-state index contributed by atoms with van der Waals surface area (Å²) < 4.78 is 13.3. The van der Waals surface area contributed by atoms with Gasteiger partial charge >= 0.3 is 0 Å². The molecule has 1 aromatic carbocycles. The van der Waals surface area contributed by atoms with Crippen LogP contribution in [0.1, 0.15) is 52.6 Å². The molecule has 0 amide bonds. The van der Waals surface area contributed by atoms with Gasteiger partial charge in [-0.2, -0.15) is 0 Å². The molecule has 0 aliphatic heterocycles. The summed E-state index contributed by atoms with van der Waals surface area (Å²) in [6, 6.07) is 8.22. The molecule has 0 heterocycles. The summed E-state index contributed by atoms with van der Waals surface area (Å²) in [6.07, 6.45) is 0.965. The van der Waals surface area contributed by atoms with Crippen molar-refractivity contribution in [2.24, 2.45) is 0 Å². The summed E-state index contributed by atoms with van der Waals surface area (Å²) in [5.41, 5.74) is 1.04. The molecule has 114 valence electrons. The second-order valence-corrected chi connectivity index (χ2v) is 5.90. The Labute approximate surface area is 123 Å². The molecule has 20 heavy (non-hydrogen) atoms. The quantitative estimate of drug-likeness (QED) is 0.774. The van der Waals surface area contributed by atoms with Gasteiger partial charge in [0.1, 0.15) is 5.82 Å². The van der Waals surface area contributed by atoms with E-state index in [0.717, 1.165) is 25.1 Å². The predicted octanol–water partition coefficient (Wildman–Crippen LogP) is 3.99. The second kappa shape index (κ2) is 8.38. The topological polar surface area (TPSA) is 15.3 Å². The van der Waals surface area contributed by atoms with Crippen molar-refractivity contribution in [1.82, 2.24) is 10.2 Å². The van der Waals surface area contributed by atoms with E-state index in [1.807, 2.05) is 6.07 Å². The molecule has 0 fully saturated rings. The first-order valence-electron chi connectivity index (χ1n) is 7.70. The highest BCUT2D eigenvalue weighted by atomic mass is 19.1. The van der Waals surface area contributed by atoms with Crippen molar-refractivity contribution >= 4 is 0 Å². The van der Waals surface area contributed by atoms with Gasteiger partial charge in [-0.25, -0.2) is 4.39 Å². The van der Waals surface area contributed by atoms with E-state index in [2.05, 4.69) is 44.8 Å². The highest BCUT2D eigenvalue weighted by Gasteiger charge is 2.14. The van der Waals surface area contributed by atoms with E-state index < -0.39 is 0 Å². The molecule has 0 spiro atoms. The van der Waals surface area contributed by atoms with Crippen LogP contribution in [0.15, 0.2) is 24.3 Å². The molecule has 0 aliphatic rings. The summed E-state index contributed by atoms with van der Waals surface area (Å²) in [7, 11) is 0. The fourth-order valence-corrected chi connectivity index (χ4v) is 2.70. The number of hydrogen-bond donors (Lipinski definition) is 1. The van der Waals surface area contributed by atoms with Gasteiger partial charge in [-0.05, 0) is 51.8 Å². The Morgan fingerprint density at radius 3 is 2.30 bits per heavy atom. The molecule has 2 nitrogen and oxygen atoms in total. The van der Waals surface area contributed by atoms with Gasteiger partial charge in [0.2, 0.25) is 0 Å². The zero-order valence-electron chi connectivity index (χ0n) is 13.5. The van der Waals surface area contributed by atoms with Gasteiger partial charge in [-0.1, -0.05) is 19.1 Å². The third-order valence-electron chi connectivity index (χ3n) is 3.75. The van der Waals surface area contributed by atoms with Gasteiger partial charge in [0.05, 0.1) is 0 Å². The Morgan fingerprint density at radius 1 is 1.15 bits per heavy atom. The molecule has 1 N–H and O–H groups in total. The van der Waals surface area contributed by atoms with Crippen LogP contribution in [-0.4, -0.2) is 30.1 Å². The van der Waals surface area contributed by atoms with Crippen LogP contribution in [0.3, 0.4) is 0 Å². The lowest BCUT2D eigenvalue weighted by molar-refractivity contribution is 0.173. The van der Waals surface area contributed by atoms with E-state index in [1.165, 1.54) is 6.07 Å². The van der Waals surface area contributed by atoms with Crippen molar-refractivity contribution < 1.29 is 4.39 Å². The fraction of sp³-hybridized carbons (Fsp3) is 0.647. The minimum absolute atomic E-state index is 0.159. The van der Waals surface area contributed by atoms with Gasteiger partial charge in [0.15, 0.2) is 0 Å². The van der Waals surface area contributed by atoms with E-state index in [0.29, 0.717) is 12.1 Å². The Morgan fingerprint density at radius 2 is 1.80 bits per heavy atom. The molecule has 1 atom stereocenters. The zero-order valence-corrected chi connectivity index (χ0v) is 13.5. The van der Waals surface area contributed by atoms with Gasteiger partial charge in [-0.3, -0.25) is 4.90 Å². The van der Waals surface area contributed by atoms with Crippen LogP contribution >= 0.6 is 0 Å². The smallest absolute Gasteiger partial charge is 0.123 e. The summed E-state index contributed by atoms with van der Waals surface area (Å²) >= 11 is 0. The maximum Gasteiger partial charge on any atom is 0.123 e. The average molecular weight is 280 g/mol. The lowest BCUT2D eigenvalue weighted by Crippen LogP contribution is -2.42. The summed E-state index contributed by atoms with van der Waals surface area (Å²) in [5, 5.41) is 3.54. The van der Waals surface area contributed by atoms with Crippen molar-refractivity contribution in [2.45, 2.75) is 59.2 Å². The molecular weight excluding hydrogens is 251 g/mol. The number of benzene rings is 1. The Kier molecular flexibility index (Phi) is 7.17. The number of nitrogens with zero attached hydrogens (tertiary/aromatic N) is 1. The molecule has 0 bridgehead atoms. The predicted molar refractivity (Wildman–Crippen MR) is 84.4 cm³/mol. The van der Waals surface area contributed by atoms with E-state index in [4.69, 9.17) is 0 Å². The van der Waals surface area contributed by atoms with E-state index in [-0.39, 0.29) is 11.9 Å². The molecule has 1 rings (SSSR count). The molecule has 0 radical (unpaired) electrons. The first-order chi connectivity index (χ1) is 9.45. The molecule has 1 unspecified atom stereocenters. The normalized spacial score (nSPS) is 13.4. The molecule has 3 heteroatoms. The van der Waals surface area contributed by atoms with E-state index in [9.17, 15) is 4.39 Å². The van der Waals surface area contributed by atoms with Crippen LogP contribution in [0.4, 0.5) is 4.39 Å². The third-order valence-corrected chi connectivity index (χ3v) is 3.75. The second-order valence-electron chi connectivity index (χ2n) is 5.90. The molecule has 0 saturated carbocycles. The van der Waals surface area contributed by atoms with Crippen LogP contribution in [0.2, 0.25) is 0 Å². The molecule has 0 saturated heterocycles. The third kappa shape index (κ3) is 5.22. The highest BCUT2D eigenvalue weighted by Crippen LogP contribution is 2.17. The molecular formula is C17H29FN2. The molecule has 1 aromatic rings. The minimum Gasteiger partial charge on any atom is -0.309 e. The Balaban J connectivity index is 2.54. The van der Waals surface area contributed by atoms with Crippen molar-refractivity contribution in [2.75, 3.05) is 13.1 Å². The monoisotopic (exact) mass is 280 g/mol. The lowest BCUT2D eigenvalue weighted by atomic mass is 10.0. The first kappa shape index (κ1) is 17.1. The summed E-state index contributed by atoms with van der Waals surface area (Å²) in [5.74, 6) is -0.159. The Hall–Kier alpha value is -0.930.